The minimum atomic E-state index is -0.342. The van der Waals surface area contributed by atoms with Gasteiger partial charge in [0.25, 0.3) is 0 Å². The number of fused-ring (bicyclic) bond motifs is 1. The summed E-state index contributed by atoms with van der Waals surface area (Å²) in [6, 6.07) is 0. The van der Waals surface area contributed by atoms with E-state index in [1.165, 1.54) is 18.4 Å². The molecule has 0 bridgehead atoms. The average Bonchev–Trinajstić information content (AvgIpc) is 2.67. The molecule has 0 fully saturated rings. The fourth-order valence-electron chi connectivity index (χ4n) is 2.13. The summed E-state index contributed by atoms with van der Waals surface area (Å²) in [5.74, 6) is -0.342. The summed E-state index contributed by atoms with van der Waals surface area (Å²) in [4.78, 5) is 17.7. The van der Waals surface area contributed by atoms with E-state index in [4.69, 9.17) is 15.3 Å². The number of oxime groups is 1. The van der Waals surface area contributed by atoms with Crippen molar-refractivity contribution in [1.82, 2.24) is 0 Å². The third kappa shape index (κ3) is 2.20. The lowest BCUT2D eigenvalue weighted by Gasteiger charge is -2.13. The third-order valence-corrected chi connectivity index (χ3v) is 3.93. The summed E-state index contributed by atoms with van der Waals surface area (Å²) in [7, 11) is 1.52. The molecule has 2 N–H and O–H groups in total. The van der Waals surface area contributed by atoms with Gasteiger partial charge in [0.15, 0.2) is 0 Å². The second-order valence-corrected chi connectivity index (χ2v) is 5.00. The lowest BCUT2D eigenvalue weighted by atomic mass is 9.94. The molecule has 1 aromatic heterocycles. The summed E-state index contributed by atoms with van der Waals surface area (Å²) in [6.07, 6.45) is 2.63. The van der Waals surface area contributed by atoms with Crippen LogP contribution in [0.3, 0.4) is 0 Å². The molecular formula is C12H16N2O3S. The Morgan fingerprint density at radius 1 is 1.50 bits per heavy atom. The van der Waals surface area contributed by atoms with Crippen molar-refractivity contribution in [2.24, 2.45) is 5.16 Å². The minimum Gasteiger partial charge on any atom is -0.462 e. The Morgan fingerprint density at radius 2 is 2.28 bits per heavy atom. The maximum absolute atomic E-state index is 11.9. The van der Waals surface area contributed by atoms with Gasteiger partial charge in [-0.05, 0) is 31.7 Å². The number of hydrogen-bond acceptors (Lipinski definition) is 6. The van der Waals surface area contributed by atoms with Gasteiger partial charge in [0.1, 0.15) is 12.1 Å². The molecule has 1 aliphatic carbocycles. The Bertz CT molecular complexity index is 494. The molecule has 0 unspecified atom stereocenters. The molecular weight excluding hydrogens is 252 g/mol. The van der Waals surface area contributed by atoms with Crippen molar-refractivity contribution >= 4 is 28.0 Å². The number of thiophene rings is 1. The van der Waals surface area contributed by atoms with E-state index < -0.39 is 0 Å². The molecule has 0 aliphatic heterocycles. The molecule has 18 heavy (non-hydrogen) atoms. The molecule has 6 heteroatoms. The van der Waals surface area contributed by atoms with E-state index in [1.807, 2.05) is 0 Å². The zero-order chi connectivity index (χ0) is 13.1. The Balaban J connectivity index is 2.45. The van der Waals surface area contributed by atoms with Gasteiger partial charge in [-0.3, -0.25) is 0 Å². The van der Waals surface area contributed by atoms with Gasteiger partial charge >= 0.3 is 5.97 Å². The third-order valence-electron chi connectivity index (χ3n) is 2.82. The SMILES string of the molecule is CCOC(=O)c1c(N)sc2c1CCCC2=NOC. The fraction of sp³-hybridized carbons (Fsp3) is 0.500. The molecule has 5 nitrogen and oxygen atoms in total. The van der Waals surface area contributed by atoms with Gasteiger partial charge in [0, 0.05) is 0 Å². The summed E-state index contributed by atoms with van der Waals surface area (Å²) in [6.45, 7) is 2.13. The van der Waals surface area contributed by atoms with Gasteiger partial charge < -0.3 is 15.3 Å². The smallest absolute Gasteiger partial charge is 0.341 e. The number of esters is 1. The first-order valence-corrected chi connectivity index (χ1v) is 6.69. The minimum absolute atomic E-state index is 0.342. The second kappa shape index (κ2) is 5.39. The number of hydrogen-bond donors (Lipinski definition) is 1. The maximum Gasteiger partial charge on any atom is 0.341 e. The van der Waals surface area contributed by atoms with Crippen molar-refractivity contribution in [1.29, 1.82) is 0 Å². The number of nitrogens with two attached hydrogens (primary N) is 1. The van der Waals surface area contributed by atoms with E-state index >= 15 is 0 Å². The van der Waals surface area contributed by atoms with Crippen LogP contribution in [0, 0.1) is 0 Å². The van der Waals surface area contributed by atoms with E-state index in [2.05, 4.69) is 5.16 Å². The summed E-state index contributed by atoms with van der Waals surface area (Å²) in [5, 5.41) is 4.51. The van der Waals surface area contributed by atoms with Crippen molar-refractivity contribution in [3.05, 3.63) is 16.0 Å². The zero-order valence-electron chi connectivity index (χ0n) is 10.5. The number of carbonyl (C=O) groups excluding carboxylic acids is 1. The van der Waals surface area contributed by atoms with E-state index in [0.717, 1.165) is 35.4 Å². The Hall–Kier alpha value is -1.56. The van der Waals surface area contributed by atoms with Crippen LogP contribution in [-0.2, 0) is 16.0 Å². The summed E-state index contributed by atoms with van der Waals surface area (Å²) < 4.78 is 5.05. The maximum atomic E-state index is 11.9. The van der Waals surface area contributed by atoms with Gasteiger partial charge in [0.2, 0.25) is 0 Å². The van der Waals surface area contributed by atoms with Crippen LogP contribution >= 0.6 is 11.3 Å². The molecule has 2 rings (SSSR count). The van der Waals surface area contributed by atoms with Crippen molar-refractivity contribution in [3.63, 3.8) is 0 Å². The van der Waals surface area contributed by atoms with E-state index in [9.17, 15) is 4.79 Å². The molecule has 0 saturated heterocycles. The first kappa shape index (κ1) is 12.9. The van der Waals surface area contributed by atoms with Gasteiger partial charge in [-0.1, -0.05) is 5.16 Å². The fourth-order valence-corrected chi connectivity index (χ4v) is 3.24. The Morgan fingerprint density at radius 3 is 2.94 bits per heavy atom. The highest BCUT2D eigenvalue weighted by atomic mass is 32.1. The average molecular weight is 268 g/mol. The highest BCUT2D eigenvalue weighted by Crippen LogP contribution is 2.37. The van der Waals surface area contributed by atoms with Crippen LogP contribution in [-0.4, -0.2) is 25.4 Å². The Labute approximate surface area is 110 Å². The standard InChI is InChI=1S/C12H16N2O3S/c1-3-17-12(15)9-7-5-4-6-8(14-16-2)10(7)18-11(9)13/h3-6,13H2,1-2H3. The van der Waals surface area contributed by atoms with Crippen LogP contribution in [0.25, 0.3) is 0 Å². The molecule has 98 valence electrons. The number of carbonyl (C=O) groups is 1. The first-order valence-electron chi connectivity index (χ1n) is 5.87. The molecule has 0 amide bonds. The van der Waals surface area contributed by atoms with Crippen molar-refractivity contribution < 1.29 is 14.4 Å². The highest BCUT2D eigenvalue weighted by molar-refractivity contribution is 7.18. The van der Waals surface area contributed by atoms with Crippen molar-refractivity contribution in [2.45, 2.75) is 26.2 Å². The van der Waals surface area contributed by atoms with Gasteiger partial charge in [-0.15, -0.1) is 11.3 Å². The van der Waals surface area contributed by atoms with E-state index in [1.54, 1.807) is 6.92 Å². The number of nitrogen functional groups attached to an aromatic ring is 1. The second-order valence-electron chi connectivity index (χ2n) is 3.94. The van der Waals surface area contributed by atoms with Crippen LogP contribution in [0.1, 0.15) is 40.6 Å². The molecule has 0 spiro atoms. The van der Waals surface area contributed by atoms with Gasteiger partial charge in [-0.2, -0.15) is 0 Å². The lowest BCUT2D eigenvalue weighted by Crippen LogP contribution is -2.14. The number of ether oxygens (including phenoxy) is 1. The molecule has 0 radical (unpaired) electrons. The summed E-state index contributed by atoms with van der Waals surface area (Å²) >= 11 is 1.39. The summed E-state index contributed by atoms with van der Waals surface area (Å²) in [5.41, 5.74) is 8.27. The molecule has 0 aromatic carbocycles. The first-order chi connectivity index (χ1) is 8.69. The molecule has 1 aromatic rings. The van der Waals surface area contributed by atoms with Crippen molar-refractivity contribution in [3.8, 4) is 0 Å². The number of anilines is 1. The normalized spacial score (nSPS) is 16.4. The van der Waals surface area contributed by atoms with Crippen LogP contribution in [0.15, 0.2) is 5.16 Å². The quantitative estimate of drug-likeness (QED) is 0.673. The zero-order valence-corrected chi connectivity index (χ0v) is 11.3. The Kier molecular flexibility index (Phi) is 3.86. The predicted molar refractivity (Wildman–Crippen MR) is 71.2 cm³/mol. The van der Waals surface area contributed by atoms with E-state index in [0.29, 0.717) is 17.2 Å². The molecule has 0 atom stereocenters. The van der Waals surface area contributed by atoms with Crippen molar-refractivity contribution in [2.75, 3.05) is 19.5 Å². The number of nitrogens with zero attached hydrogens (tertiary/aromatic N) is 1. The largest absolute Gasteiger partial charge is 0.462 e. The number of rotatable bonds is 3. The molecule has 1 heterocycles. The monoisotopic (exact) mass is 268 g/mol. The van der Waals surface area contributed by atoms with E-state index in [-0.39, 0.29) is 5.97 Å². The van der Waals surface area contributed by atoms with Crippen LogP contribution in [0.5, 0.6) is 0 Å². The van der Waals surface area contributed by atoms with Crippen LogP contribution in [0.4, 0.5) is 5.00 Å². The molecule has 1 aliphatic rings. The topological polar surface area (TPSA) is 73.9 Å². The highest BCUT2D eigenvalue weighted by Gasteiger charge is 2.28. The predicted octanol–water partition coefficient (Wildman–Crippen LogP) is 2.19. The van der Waals surface area contributed by atoms with Crippen LogP contribution in [0.2, 0.25) is 0 Å². The van der Waals surface area contributed by atoms with Crippen LogP contribution < -0.4 is 5.73 Å². The lowest BCUT2D eigenvalue weighted by molar-refractivity contribution is 0.0527. The molecule has 0 saturated carbocycles. The van der Waals surface area contributed by atoms with Gasteiger partial charge in [0.05, 0.1) is 22.8 Å². The van der Waals surface area contributed by atoms with Gasteiger partial charge in [-0.25, -0.2) is 4.79 Å².